The molecule has 1 aliphatic heterocycles. The minimum absolute atomic E-state index is 0.0563. The van der Waals surface area contributed by atoms with Gasteiger partial charge in [0.05, 0.1) is 19.0 Å². The Labute approximate surface area is 161 Å². The second-order valence-corrected chi connectivity index (χ2v) is 6.84. The van der Waals surface area contributed by atoms with E-state index in [1.165, 1.54) is 11.3 Å². The average Bonchev–Trinajstić information content (AvgIpc) is 2.70. The zero-order valence-corrected chi connectivity index (χ0v) is 15.8. The maximum absolute atomic E-state index is 12.9. The first kappa shape index (κ1) is 18.9. The molecule has 5 nitrogen and oxygen atoms in total. The highest BCUT2D eigenvalue weighted by atomic mass is 16.2. The maximum atomic E-state index is 12.9. The maximum Gasteiger partial charge on any atom is 0.241 e. The van der Waals surface area contributed by atoms with E-state index >= 15 is 0 Å². The number of hydrogen-bond donors (Lipinski definition) is 0. The number of rotatable bonds is 6. The van der Waals surface area contributed by atoms with E-state index in [-0.39, 0.29) is 5.91 Å². The van der Waals surface area contributed by atoms with Crippen molar-refractivity contribution < 1.29 is 4.79 Å². The molecule has 0 bridgehead atoms. The second-order valence-electron chi connectivity index (χ2n) is 6.84. The quantitative estimate of drug-likeness (QED) is 0.792. The molecule has 0 saturated carbocycles. The number of para-hydroxylation sites is 2. The largest absolute Gasteiger partial charge is 0.369 e. The Bertz CT molecular complexity index is 791. The Balaban J connectivity index is 1.59. The van der Waals surface area contributed by atoms with Crippen molar-refractivity contribution in [3.8, 4) is 6.07 Å². The number of carbonyl (C=O) groups excluding carboxylic acids is 1. The summed E-state index contributed by atoms with van der Waals surface area (Å²) in [6.45, 7) is 6.52. The first-order valence-corrected chi connectivity index (χ1v) is 9.44. The Morgan fingerprint density at radius 1 is 1.04 bits per heavy atom. The van der Waals surface area contributed by atoms with E-state index < -0.39 is 0 Å². The van der Waals surface area contributed by atoms with Gasteiger partial charge in [0.15, 0.2) is 0 Å². The van der Waals surface area contributed by atoms with Crippen LogP contribution in [0.15, 0.2) is 54.6 Å². The molecule has 0 atom stereocenters. The van der Waals surface area contributed by atoms with E-state index in [4.69, 9.17) is 5.26 Å². The third-order valence-electron chi connectivity index (χ3n) is 5.00. The standard InChI is InChI=1S/C22H26N4O/c1-19-8-5-6-11-21(19)25-16-14-24(15-17-25)18-22(27)26(13-7-12-23)20-9-3-2-4-10-20/h2-6,8-11H,7,13-18H2,1H3. The molecule has 0 aliphatic carbocycles. The van der Waals surface area contributed by atoms with Gasteiger partial charge in [-0.05, 0) is 30.7 Å². The third kappa shape index (κ3) is 4.87. The SMILES string of the molecule is Cc1ccccc1N1CCN(CC(=O)N(CCC#N)c2ccccc2)CC1. The summed E-state index contributed by atoms with van der Waals surface area (Å²) in [6, 6.07) is 20.2. The fourth-order valence-corrected chi connectivity index (χ4v) is 3.51. The molecule has 1 fully saturated rings. The van der Waals surface area contributed by atoms with E-state index in [9.17, 15) is 4.79 Å². The minimum atomic E-state index is 0.0563. The number of nitrogens with zero attached hydrogens (tertiary/aromatic N) is 4. The summed E-state index contributed by atoms with van der Waals surface area (Å²) in [7, 11) is 0. The fraction of sp³-hybridized carbons (Fsp3) is 0.364. The molecule has 0 N–H and O–H groups in total. The predicted molar refractivity (Wildman–Crippen MR) is 109 cm³/mol. The van der Waals surface area contributed by atoms with E-state index in [1.54, 1.807) is 4.90 Å². The molecule has 1 heterocycles. The Morgan fingerprint density at radius 2 is 1.70 bits per heavy atom. The zero-order chi connectivity index (χ0) is 19.1. The van der Waals surface area contributed by atoms with Gasteiger partial charge in [0.1, 0.15) is 0 Å². The van der Waals surface area contributed by atoms with Gasteiger partial charge in [0.25, 0.3) is 0 Å². The molecular formula is C22H26N4O. The lowest BCUT2D eigenvalue weighted by Gasteiger charge is -2.37. The molecule has 2 aromatic carbocycles. The van der Waals surface area contributed by atoms with Gasteiger partial charge >= 0.3 is 0 Å². The van der Waals surface area contributed by atoms with E-state index in [0.717, 1.165) is 31.9 Å². The number of benzene rings is 2. The minimum Gasteiger partial charge on any atom is -0.369 e. The molecular weight excluding hydrogens is 336 g/mol. The van der Waals surface area contributed by atoms with Gasteiger partial charge in [-0.2, -0.15) is 5.26 Å². The molecule has 140 valence electrons. The lowest BCUT2D eigenvalue weighted by Crippen LogP contribution is -2.50. The van der Waals surface area contributed by atoms with Crippen molar-refractivity contribution in [3.05, 3.63) is 60.2 Å². The summed E-state index contributed by atoms with van der Waals surface area (Å²) in [5.74, 6) is 0.0563. The number of carbonyl (C=O) groups is 1. The summed E-state index contributed by atoms with van der Waals surface area (Å²) >= 11 is 0. The molecule has 2 aromatic rings. The van der Waals surface area contributed by atoms with Crippen LogP contribution in [0.25, 0.3) is 0 Å². The molecule has 1 saturated heterocycles. The lowest BCUT2D eigenvalue weighted by molar-refractivity contribution is -0.119. The Hall–Kier alpha value is -2.84. The van der Waals surface area contributed by atoms with Crippen molar-refractivity contribution in [3.63, 3.8) is 0 Å². The van der Waals surface area contributed by atoms with E-state index in [2.05, 4.69) is 47.1 Å². The Morgan fingerprint density at radius 3 is 2.37 bits per heavy atom. The molecule has 5 heteroatoms. The molecule has 0 radical (unpaired) electrons. The summed E-state index contributed by atoms with van der Waals surface area (Å²) in [6.07, 6.45) is 0.335. The van der Waals surface area contributed by atoms with Crippen LogP contribution in [0.2, 0.25) is 0 Å². The third-order valence-corrected chi connectivity index (χ3v) is 5.00. The molecule has 3 rings (SSSR count). The normalized spacial score (nSPS) is 14.6. The fourth-order valence-electron chi connectivity index (χ4n) is 3.51. The van der Waals surface area contributed by atoms with E-state index in [0.29, 0.717) is 19.5 Å². The number of piperazine rings is 1. The van der Waals surface area contributed by atoms with Crippen molar-refractivity contribution in [2.45, 2.75) is 13.3 Å². The number of hydrogen-bond acceptors (Lipinski definition) is 4. The first-order chi connectivity index (χ1) is 13.2. The summed E-state index contributed by atoms with van der Waals surface area (Å²) < 4.78 is 0. The van der Waals surface area contributed by atoms with Gasteiger partial charge in [0, 0.05) is 44.1 Å². The Kier molecular flexibility index (Phi) is 6.45. The van der Waals surface area contributed by atoms with Crippen molar-refractivity contribution in [2.24, 2.45) is 0 Å². The van der Waals surface area contributed by atoms with Crippen molar-refractivity contribution >= 4 is 17.3 Å². The molecule has 27 heavy (non-hydrogen) atoms. The highest BCUT2D eigenvalue weighted by molar-refractivity contribution is 5.94. The molecule has 0 spiro atoms. The smallest absolute Gasteiger partial charge is 0.241 e. The predicted octanol–water partition coefficient (Wildman–Crippen LogP) is 3.06. The molecule has 1 amide bonds. The van der Waals surface area contributed by atoms with Crippen LogP contribution in [0.1, 0.15) is 12.0 Å². The van der Waals surface area contributed by atoms with E-state index in [1.807, 2.05) is 30.3 Å². The summed E-state index contributed by atoms with van der Waals surface area (Å²) in [5.41, 5.74) is 3.42. The second kappa shape index (κ2) is 9.20. The van der Waals surface area contributed by atoms with Gasteiger partial charge in [-0.1, -0.05) is 36.4 Å². The van der Waals surface area contributed by atoms with Crippen molar-refractivity contribution in [2.75, 3.05) is 49.1 Å². The van der Waals surface area contributed by atoms with Gasteiger partial charge in [-0.25, -0.2) is 0 Å². The highest BCUT2D eigenvalue weighted by Crippen LogP contribution is 2.21. The lowest BCUT2D eigenvalue weighted by atomic mass is 10.1. The number of nitriles is 1. The van der Waals surface area contributed by atoms with Crippen LogP contribution in [0, 0.1) is 18.3 Å². The highest BCUT2D eigenvalue weighted by Gasteiger charge is 2.23. The van der Waals surface area contributed by atoms with Gasteiger partial charge < -0.3 is 9.80 Å². The number of amides is 1. The van der Waals surface area contributed by atoms with Crippen LogP contribution < -0.4 is 9.80 Å². The first-order valence-electron chi connectivity index (χ1n) is 9.44. The van der Waals surface area contributed by atoms with Crippen molar-refractivity contribution in [1.82, 2.24) is 4.90 Å². The zero-order valence-electron chi connectivity index (χ0n) is 15.8. The van der Waals surface area contributed by atoms with Crippen LogP contribution in [0.3, 0.4) is 0 Å². The summed E-state index contributed by atoms with van der Waals surface area (Å²) in [5, 5.41) is 8.92. The van der Waals surface area contributed by atoms with Crippen molar-refractivity contribution in [1.29, 1.82) is 5.26 Å². The summed E-state index contributed by atoms with van der Waals surface area (Å²) in [4.78, 5) is 19.2. The van der Waals surface area contributed by atoms with Gasteiger partial charge in [0.2, 0.25) is 5.91 Å². The van der Waals surface area contributed by atoms with Gasteiger partial charge in [-0.3, -0.25) is 9.69 Å². The van der Waals surface area contributed by atoms with Crippen LogP contribution in [-0.2, 0) is 4.79 Å². The van der Waals surface area contributed by atoms with Gasteiger partial charge in [-0.15, -0.1) is 0 Å². The average molecular weight is 362 g/mol. The molecule has 0 aromatic heterocycles. The van der Waals surface area contributed by atoms with Crippen LogP contribution >= 0.6 is 0 Å². The molecule has 0 unspecified atom stereocenters. The molecule has 1 aliphatic rings. The monoisotopic (exact) mass is 362 g/mol. The topological polar surface area (TPSA) is 50.6 Å². The number of aryl methyl sites for hydroxylation is 1. The number of anilines is 2. The van der Waals surface area contributed by atoms with Crippen LogP contribution in [-0.4, -0.2) is 50.1 Å². The van der Waals surface area contributed by atoms with Crippen LogP contribution in [0.5, 0.6) is 0 Å². The van der Waals surface area contributed by atoms with Crippen LogP contribution in [0.4, 0.5) is 11.4 Å².